The molecule has 1 atom stereocenters. The van der Waals surface area contributed by atoms with Crippen molar-refractivity contribution in [2.75, 3.05) is 59.7 Å². The van der Waals surface area contributed by atoms with Crippen molar-refractivity contribution in [2.24, 2.45) is 5.41 Å². The summed E-state index contributed by atoms with van der Waals surface area (Å²) in [6.07, 6.45) is -8.96. The van der Waals surface area contributed by atoms with Gasteiger partial charge in [0.1, 0.15) is 5.76 Å². The van der Waals surface area contributed by atoms with Crippen LogP contribution in [0.4, 0.5) is 26.3 Å². The Morgan fingerprint density at radius 1 is 1.03 bits per heavy atom. The van der Waals surface area contributed by atoms with Crippen LogP contribution < -0.4 is 0 Å². The van der Waals surface area contributed by atoms with Crippen molar-refractivity contribution in [2.45, 2.75) is 39.2 Å². The number of carboxylic acid groups (broad SMARTS) is 2. The van der Waals surface area contributed by atoms with Gasteiger partial charge in [0.2, 0.25) is 0 Å². The number of aryl methyl sites for hydroxylation is 2. The molecule has 16 heteroatoms. The van der Waals surface area contributed by atoms with E-state index in [1.807, 2.05) is 13.8 Å². The van der Waals surface area contributed by atoms with Gasteiger partial charge < -0.3 is 29.1 Å². The van der Waals surface area contributed by atoms with Crippen LogP contribution in [0.5, 0.6) is 0 Å². The predicted molar refractivity (Wildman–Crippen MR) is 115 cm³/mol. The number of carboxylic acids is 2. The van der Waals surface area contributed by atoms with Gasteiger partial charge in [0.25, 0.3) is 0 Å². The summed E-state index contributed by atoms with van der Waals surface area (Å²) in [5.74, 6) is -4.57. The highest BCUT2D eigenvalue weighted by Gasteiger charge is 2.41. The van der Waals surface area contributed by atoms with Gasteiger partial charge in [0, 0.05) is 50.8 Å². The smallest absolute Gasteiger partial charge is 0.475 e. The lowest BCUT2D eigenvalue weighted by Gasteiger charge is -2.32. The van der Waals surface area contributed by atoms with Gasteiger partial charge in [-0.2, -0.15) is 26.3 Å². The van der Waals surface area contributed by atoms with E-state index in [1.165, 1.54) is 12.0 Å². The molecule has 3 rings (SSSR count). The Labute approximate surface area is 209 Å². The maximum Gasteiger partial charge on any atom is 0.490 e. The number of aliphatic carboxylic acids is 2. The van der Waals surface area contributed by atoms with E-state index in [2.05, 4.69) is 15.0 Å². The number of carbonyl (C=O) groups is 2. The first-order valence-electron chi connectivity index (χ1n) is 11.0. The molecule has 37 heavy (non-hydrogen) atoms. The summed E-state index contributed by atoms with van der Waals surface area (Å²) in [6.45, 7) is 12.7. The second-order valence-electron chi connectivity index (χ2n) is 8.69. The Kier molecular flexibility index (Phi) is 12.3. The lowest BCUT2D eigenvalue weighted by atomic mass is 9.87. The summed E-state index contributed by atoms with van der Waals surface area (Å²) in [5, 5.41) is 18.3. The Bertz CT molecular complexity index is 834. The third-order valence-electron chi connectivity index (χ3n) is 5.70. The zero-order valence-corrected chi connectivity index (χ0v) is 20.6. The second-order valence-corrected chi connectivity index (χ2v) is 8.69. The molecular formula is C21H31F6N3O7. The number of halogens is 6. The molecule has 0 saturated carbocycles. The van der Waals surface area contributed by atoms with Crippen LogP contribution in [0.2, 0.25) is 0 Å². The van der Waals surface area contributed by atoms with Gasteiger partial charge in [-0.15, -0.1) is 0 Å². The summed E-state index contributed by atoms with van der Waals surface area (Å²) in [7, 11) is 1.77. The van der Waals surface area contributed by atoms with Crippen molar-refractivity contribution < 1.29 is 60.1 Å². The van der Waals surface area contributed by atoms with E-state index < -0.39 is 24.3 Å². The highest BCUT2D eigenvalue weighted by Crippen LogP contribution is 2.34. The van der Waals surface area contributed by atoms with Gasteiger partial charge in [-0.3, -0.25) is 4.90 Å². The number of likely N-dealkylation sites (tertiary alicyclic amines) is 1. The van der Waals surface area contributed by atoms with E-state index >= 15 is 0 Å². The molecular weight excluding hydrogens is 520 g/mol. The minimum atomic E-state index is -5.08. The minimum Gasteiger partial charge on any atom is -0.475 e. The third-order valence-corrected chi connectivity index (χ3v) is 5.70. The van der Waals surface area contributed by atoms with E-state index in [-0.39, 0.29) is 5.41 Å². The van der Waals surface area contributed by atoms with Gasteiger partial charge in [-0.05, 0) is 26.8 Å². The number of hydrogen-bond donors (Lipinski definition) is 2. The van der Waals surface area contributed by atoms with Crippen LogP contribution >= 0.6 is 0 Å². The number of alkyl halides is 6. The highest BCUT2D eigenvalue weighted by atomic mass is 19.4. The Balaban J connectivity index is 0.000000404. The zero-order chi connectivity index (χ0) is 28.4. The van der Waals surface area contributed by atoms with E-state index in [0.717, 1.165) is 70.5 Å². The summed E-state index contributed by atoms with van der Waals surface area (Å²) < 4.78 is 80.0. The fourth-order valence-electron chi connectivity index (χ4n) is 3.85. The average Bonchev–Trinajstić information content (AvgIpc) is 3.24. The maximum absolute atomic E-state index is 10.6. The summed E-state index contributed by atoms with van der Waals surface area (Å²) in [5.41, 5.74) is 2.49. The topological polar surface area (TPSA) is 126 Å². The molecule has 0 aliphatic carbocycles. The highest BCUT2D eigenvalue weighted by molar-refractivity contribution is 5.73. The Morgan fingerprint density at radius 3 is 2.03 bits per heavy atom. The molecule has 2 aliphatic rings. The van der Waals surface area contributed by atoms with Crippen molar-refractivity contribution in [3.8, 4) is 0 Å². The van der Waals surface area contributed by atoms with Gasteiger partial charge in [-0.1, -0.05) is 5.16 Å². The first-order chi connectivity index (χ1) is 17.0. The van der Waals surface area contributed by atoms with Crippen LogP contribution in [0.25, 0.3) is 0 Å². The normalized spacial score (nSPS) is 21.0. The standard InChI is InChI=1S/C17H29N3O3.2C2HF3O2/c1-14-16(15(2)23-18-14)10-20-7-9-22-13-17(12-20)4-5-19(11-17)6-8-21-3;2*3-2(4,5)1(6)7/h4-13H2,1-3H3;2*(H,6,7). The molecule has 2 saturated heterocycles. The van der Waals surface area contributed by atoms with Crippen molar-refractivity contribution in [1.82, 2.24) is 15.0 Å². The molecule has 0 aromatic carbocycles. The summed E-state index contributed by atoms with van der Waals surface area (Å²) in [4.78, 5) is 22.8. The van der Waals surface area contributed by atoms with Gasteiger partial charge in [0.15, 0.2) is 0 Å². The molecule has 2 aliphatic heterocycles. The number of methoxy groups -OCH3 is 1. The molecule has 1 aromatic rings. The Hall–Kier alpha value is -2.43. The molecule has 3 heterocycles. The average molecular weight is 551 g/mol. The van der Waals surface area contributed by atoms with Crippen molar-refractivity contribution in [3.05, 3.63) is 17.0 Å². The fraction of sp³-hybridized carbons (Fsp3) is 0.762. The van der Waals surface area contributed by atoms with Crippen LogP contribution in [-0.4, -0.2) is 109 Å². The SMILES string of the molecule is COCCN1CCC2(COCCN(Cc3c(C)noc3C)C2)C1.O=C(O)C(F)(F)F.O=C(O)C(F)(F)F. The van der Waals surface area contributed by atoms with E-state index in [9.17, 15) is 26.3 Å². The van der Waals surface area contributed by atoms with Crippen LogP contribution in [0, 0.1) is 19.3 Å². The van der Waals surface area contributed by atoms with Gasteiger partial charge in [-0.25, -0.2) is 9.59 Å². The lowest BCUT2D eigenvalue weighted by Crippen LogP contribution is -2.41. The van der Waals surface area contributed by atoms with Crippen molar-refractivity contribution >= 4 is 11.9 Å². The molecule has 10 nitrogen and oxygen atoms in total. The largest absolute Gasteiger partial charge is 0.490 e. The molecule has 0 amide bonds. The molecule has 1 spiro atoms. The molecule has 1 aromatic heterocycles. The maximum atomic E-state index is 10.6. The molecule has 0 radical (unpaired) electrons. The second kappa shape index (κ2) is 13.9. The van der Waals surface area contributed by atoms with Crippen LogP contribution in [0.3, 0.4) is 0 Å². The van der Waals surface area contributed by atoms with Gasteiger partial charge in [0.05, 0.1) is 25.5 Å². The van der Waals surface area contributed by atoms with E-state index in [1.54, 1.807) is 7.11 Å². The lowest BCUT2D eigenvalue weighted by molar-refractivity contribution is -0.193. The van der Waals surface area contributed by atoms with E-state index in [0.29, 0.717) is 0 Å². The van der Waals surface area contributed by atoms with Crippen molar-refractivity contribution in [3.63, 3.8) is 0 Å². The van der Waals surface area contributed by atoms with Crippen LogP contribution in [0.15, 0.2) is 4.52 Å². The van der Waals surface area contributed by atoms with Crippen LogP contribution in [0.1, 0.15) is 23.4 Å². The monoisotopic (exact) mass is 551 g/mol. The number of rotatable bonds is 5. The van der Waals surface area contributed by atoms with Gasteiger partial charge >= 0.3 is 24.3 Å². The number of ether oxygens (including phenoxy) is 2. The molecule has 0 bridgehead atoms. The van der Waals surface area contributed by atoms with Crippen LogP contribution in [-0.2, 0) is 25.6 Å². The molecule has 2 fully saturated rings. The summed E-state index contributed by atoms with van der Waals surface area (Å²) >= 11 is 0. The number of nitrogens with zero attached hydrogens (tertiary/aromatic N) is 3. The fourth-order valence-corrected chi connectivity index (χ4v) is 3.85. The Morgan fingerprint density at radius 2 is 1.57 bits per heavy atom. The summed E-state index contributed by atoms with van der Waals surface area (Å²) in [6, 6.07) is 0. The first kappa shape index (κ1) is 32.6. The molecule has 1 unspecified atom stereocenters. The number of aromatic nitrogens is 1. The first-order valence-corrected chi connectivity index (χ1v) is 11.0. The molecule has 2 N–H and O–H groups in total. The quantitative estimate of drug-likeness (QED) is 0.528. The van der Waals surface area contributed by atoms with E-state index in [4.69, 9.17) is 33.8 Å². The predicted octanol–water partition coefficient (Wildman–Crippen LogP) is 2.73. The number of hydrogen-bond acceptors (Lipinski definition) is 8. The van der Waals surface area contributed by atoms with Crippen molar-refractivity contribution in [1.29, 1.82) is 0 Å². The third kappa shape index (κ3) is 11.2. The molecule has 214 valence electrons. The zero-order valence-electron chi connectivity index (χ0n) is 20.6. The minimum absolute atomic E-state index is 0.253.